The molecule has 180 valence electrons. The van der Waals surface area contributed by atoms with Gasteiger partial charge in [-0.2, -0.15) is 0 Å². The monoisotopic (exact) mass is 511 g/mol. The molecule has 0 aromatic heterocycles. The Balaban J connectivity index is 1.66. The van der Waals surface area contributed by atoms with E-state index in [9.17, 15) is 26.4 Å². The van der Waals surface area contributed by atoms with Crippen LogP contribution in [-0.4, -0.2) is 26.4 Å². The van der Waals surface area contributed by atoms with Crippen LogP contribution in [0.1, 0.15) is 18.9 Å². The zero-order valence-electron chi connectivity index (χ0n) is 18.0. The quantitative estimate of drug-likeness (QED) is 0.387. The Bertz CT molecular complexity index is 1280. The Kier molecular flexibility index (Phi) is 7.89. The van der Waals surface area contributed by atoms with Gasteiger partial charge in [-0.15, -0.1) is 13.2 Å². The third-order valence-corrected chi connectivity index (χ3v) is 7.02. The van der Waals surface area contributed by atoms with Crippen LogP contribution in [0, 0.1) is 0 Å². The van der Waals surface area contributed by atoms with Crippen LogP contribution in [0.2, 0.25) is 5.02 Å². The van der Waals surface area contributed by atoms with E-state index >= 15 is 0 Å². The Morgan fingerprint density at radius 1 is 1.00 bits per heavy atom. The third-order valence-electron chi connectivity index (χ3n) is 4.96. The number of para-hydroxylation sites is 1. The molecular formula is C24H21ClF3NO4S. The van der Waals surface area contributed by atoms with Crippen molar-refractivity contribution in [2.24, 2.45) is 0 Å². The first kappa shape index (κ1) is 25.6. The number of rotatable bonds is 8. The summed E-state index contributed by atoms with van der Waals surface area (Å²) >= 11 is 6.29. The molecule has 0 atom stereocenters. The molecule has 10 heteroatoms. The molecule has 0 radical (unpaired) electrons. The number of alkyl halides is 3. The van der Waals surface area contributed by atoms with Gasteiger partial charge in [0, 0.05) is 23.2 Å². The van der Waals surface area contributed by atoms with Gasteiger partial charge in [-0.3, -0.25) is 4.79 Å². The first-order valence-corrected chi connectivity index (χ1v) is 12.3. The number of carbonyl (C=O) groups excluding carboxylic acids is 1. The van der Waals surface area contributed by atoms with Gasteiger partial charge in [0.1, 0.15) is 5.75 Å². The lowest BCUT2D eigenvalue weighted by Crippen LogP contribution is -2.17. The molecule has 0 unspecified atom stereocenters. The topological polar surface area (TPSA) is 72.5 Å². The number of carbonyl (C=O) groups is 1. The lowest BCUT2D eigenvalue weighted by molar-refractivity contribution is -0.274. The fourth-order valence-corrected chi connectivity index (χ4v) is 4.39. The van der Waals surface area contributed by atoms with E-state index in [2.05, 4.69) is 10.1 Å². The molecule has 0 bridgehead atoms. The minimum atomic E-state index is -4.85. The standard InChI is InChI=1S/C24H21ClF3NO4S/c1-2-34(31,32)18-11-7-16(8-12-18)9-14-23(30)29-17-10-13-19(21(25)15-17)20-5-3-4-6-22(20)33-24(26,27)28/h3-8,10-13,15H,2,9,14H2,1H3,(H,29,30). The minimum Gasteiger partial charge on any atom is -0.405 e. The summed E-state index contributed by atoms with van der Waals surface area (Å²) in [4.78, 5) is 12.6. The van der Waals surface area contributed by atoms with Crippen molar-refractivity contribution in [3.8, 4) is 16.9 Å². The Labute approximate surface area is 200 Å². The first-order valence-electron chi connectivity index (χ1n) is 10.2. The SMILES string of the molecule is CCS(=O)(=O)c1ccc(CCC(=O)Nc2ccc(-c3ccccc3OC(F)(F)F)c(Cl)c2)cc1. The van der Waals surface area contributed by atoms with Crippen molar-refractivity contribution in [3.05, 3.63) is 77.3 Å². The zero-order valence-corrected chi connectivity index (χ0v) is 19.6. The lowest BCUT2D eigenvalue weighted by Gasteiger charge is -2.15. The van der Waals surface area contributed by atoms with Gasteiger partial charge in [-0.1, -0.05) is 54.9 Å². The number of anilines is 1. The number of halogens is 4. The van der Waals surface area contributed by atoms with Gasteiger partial charge >= 0.3 is 6.36 Å². The number of hydrogen-bond donors (Lipinski definition) is 1. The van der Waals surface area contributed by atoms with Gasteiger partial charge < -0.3 is 10.1 Å². The molecular weight excluding hydrogens is 491 g/mol. The maximum absolute atomic E-state index is 12.7. The molecule has 0 aliphatic carbocycles. The van der Waals surface area contributed by atoms with Crippen LogP contribution in [0.5, 0.6) is 5.75 Å². The number of amides is 1. The molecule has 3 rings (SSSR count). The summed E-state index contributed by atoms with van der Waals surface area (Å²) in [6.45, 7) is 1.57. The molecule has 0 spiro atoms. The van der Waals surface area contributed by atoms with Crippen molar-refractivity contribution in [2.45, 2.75) is 31.0 Å². The maximum atomic E-state index is 12.7. The highest BCUT2D eigenvalue weighted by Gasteiger charge is 2.32. The van der Waals surface area contributed by atoms with E-state index in [1.807, 2.05) is 0 Å². The summed E-state index contributed by atoms with van der Waals surface area (Å²) in [7, 11) is -3.28. The summed E-state index contributed by atoms with van der Waals surface area (Å²) in [5, 5.41) is 2.84. The van der Waals surface area contributed by atoms with E-state index in [-0.39, 0.29) is 39.3 Å². The van der Waals surface area contributed by atoms with E-state index in [0.29, 0.717) is 17.7 Å². The number of ether oxygens (including phenoxy) is 1. The molecule has 0 fully saturated rings. The van der Waals surface area contributed by atoms with Crippen LogP contribution < -0.4 is 10.1 Å². The molecule has 0 heterocycles. The van der Waals surface area contributed by atoms with Crippen molar-refractivity contribution >= 4 is 33.0 Å². The number of hydrogen-bond acceptors (Lipinski definition) is 4. The van der Waals surface area contributed by atoms with Gasteiger partial charge in [0.05, 0.1) is 15.7 Å². The normalized spacial score (nSPS) is 11.8. The predicted molar refractivity (Wildman–Crippen MR) is 125 cm³/mol. The van der Waals surface area contributed by atoms with Crippen molar-refractivity contribution < 1.29 is 31.1 Å². The van der Waals surface area contributed by atoms with Gasteiger partial charge in [-0.05, 0) is 42.3 Å². The maximum Gasteiger partial charge on any atom is 0.573 e. The number of benzene rings is 3. The van der Waals surface area contributed by atoms with Crippen LogP contribution >= 0.6 is 11.6 Å². The molecule has 3 aromatic carbocycles. The highest BCUT2D eigenvalue weighted by Crippen LogP contribution is 2.38. The van der Waals surface area contributed by atoms with Crippen LogP contribution in [0.15, 0.2) is 71.6 Å². The molecule has 1 N–H and O–H groups in total. The summed E-state index contributed by atoms with van der Waals surface area (Å²) in [6.07, 6.45) is -4.31. The smallest absolute Gasteiger partial charge is 0.405 e. The van der Waals surface area contributed by atoms with Gasteiger partial charge in [0.25, 0.3) is 0 Å². The van der Waals surface area contributed by atoms with Crippen LogP contribution in [0.3, 0.4) is 0 Å². The van der Waals surface area contributed by atoms with E-state index < -0.39 is 16.2 Å². The number of sulfone groups is 1. The second kappa shape index (κ2) is 10.5. The highest BCUT2D eigenvalue weighted by atomic mass is 35.5. The Morgan fingerprint density at radius 2 is 1.68 bits per heavy atom. The van der Waals surface area contributed by atoms with Crippen molar-refractivity contribution in [1.82, 2.24) is 0 Å². The lowest BCUT2D eigenvalue weighted by atomic mass is 10.0. The first-order chi connectivity index (χ1) is 16.0. The highest BCUT2D eigenvalue weighted by molar-refractivity contribution is 7.91. The van der Waals surface area contributed by atoms with Crippen LogP contribution in [0.4, 0.5) is 18.9 Å². The largest absolute Gasteiger partial charge is 0.573 e. The van der Waals surface area contributed by atoms with E-state index in [1.54, 1.807) is 25.1 Å². The summed E-state index contributed by atoms with van der Waals surface area (Å²) in [5.41, 5.74) is 1.68. The Morgan fingerprint density at radius 3 is 2.29 bits per heavy atom. The van der Waals surface area contributed by atoms with Crippen LogP contribution in [0.25, 0.3) is 11.1 Å². The Hall–Kier alpha value is -3.04. The second-order valence-electron chi connectivity index (χ2n) is 7.33. The minimum absolute atomic E-state index is 0.0110. The van der Waals surface area contributed by atoms with Gasteiger partial charge in [0.15, 0.2) is 9.84 Å². The van der Waals surface area contributed by atoms with Gasteiger partial charge in [0.2, 0.25) is 5.91 Å². The average molecular weight is 512 g/mol. The van der Waals surface area contributed by atoms with E-state index in [4.69, 9.17) is 11.6 Å². The zero-order chi connectivity index (χ0) is 24.9. The van der Waals surface area contributed by atoms with Gasteiger partial charge in [-0.25, -0.2) is 8.42 Å². The second-order valence-corrected chi connectivity index (χ2v) is 10.0. The molecule has 0 saturated carbocycles. The molecule has 0 saturated heterocycles. The molecule has 1 amide bonds. The summed E-state index contributed by atoms with van der Waals surface area (Å²) < 4.78 is 65.9. The van der Waals surface area contributed by atoms with Crippen molar-refractivity contribution in [2.75, 3.05) is 11.1 Å². The average Bonchev–Trinajstić information content (AvgIpc) is 2.78. The molecule has 5 nitrogen and oxygen atoms in total. The van der Waals surface area contributed by atoms with E-state index in [1.165, 1.54) is 48.5 Å². The van der Waals surface area contributed by atoms with E-state index in [0.717, 1.165) is 5.56 Å². The summed E-state index contributed by atoms with van der Waals surface area (Å²) in [5.74, 6) is -0.668. The van der Waals surface area contributed by atoms with Crippen molar-refractivity contribution in [3.63, 3.8) is 0 Å². The fourth-order valence-electron chi connectivity index (χ4n) is 3.23. The fraction of sp³-hybridized carbons (Fsp3) is 0.208. The third kappa shape index (κ3) is 6.74. The molecule has 3 aromatic rings. The number of aryl methyl sites for hydroxylation is 1. The molecule has 0 aliphatic heterocycles. The van der Waals surface area contributed by atoms with Crippen LogP contribution in [-0.2, 0) is 21.1 Å². The van der Waals surface area contributed by atoms with Crippen molar-refractivity contribution in [1.29, 1.82) is 0 Å². The molecule has 0 aliphatic rings. The summed E-state index contributed by atoms with van der Waals surface area (Å²) in [6, 6.07) is 16.5. The molecule has 34 heavy (non-hydrogen) atoms. The number of nitrogens with one attached hydrogen (secondary N) is 1. The predicted octanol–water partition coefficient (Wildman–Crippen LogP) is 6.27.